The standard InChI is InChI=1S/C26H24ClN3O2/c1-4-30(16-22-7-5-6-8-24(22)27)26(31)20-13-11-19(12-14-20)23-15-21(10-9-17(23)2)25-29-28-18(3)32-25/h5-15H,4,16H2,1-3H3. The number of carbonyl (C=O) groups is 1. The van der Waals surface area contributed by atoms with Crippen molar-refractivity contribution in [2.24, 2.45) is 0 Å². The normalized spacial score (nSPS) is 10.9. The molecule has 0 saturated heterocycles. The van der Waals surface area contributed by atoms with Crippen LogP contribution in [0.25, 0.3) is 22.6 Å². The zero-order valence-corrected chi connectivity index (χ0v) is 19.1. The number of hydrogen-bond donors (Lipinski definition) is 0. The molecule has 0 aliphatic carbocycles. The molecule has 32 heavy (non-hydrogen) atoms. The zero-order chi connectivity index (χ0) is 22.7. The summed E-state index contributed by atoms with van der Waals surface area (Å²) in [5, 5.41) is 8.69. The molecule has 0 spiro atoms. The first-order valence-electron chi connectivity index (χ1n) is 10.5. The first-order valence-corrected chi connectivity index (χ1v) is 10.9. The molecule has 1 aromatic heterocycles. The van der Waals surface area contributed by atoms with Gasteiger partial charge in [0, 0.05) is 36.2 Å². The summed E-state index contributed by atoms with van der Waals surface area (Å²) in [4.78, 5) is 14.9. The second-order valence-corrected chi connectivity index (χ2v) is 8.05. The molecule has 0 atom stereocenters. The van der Waals surface area contributed by atoms with E-state index in [1.807, 2.05) is 73.7 Å². The van der Waals surface area contributed by atoms with Gasteiger partial charge >= 0.3 is 0 Å². The van der Waals surface area contributed by atoms with E-state index in [1.165, 1.54) is 0 Å². The molecule has 4 aromatic rings. The molecule has 1 amide bonds. The number of rotatable bonds is 6. The van der Waals surface area contributed by atoms with E-state index in [1.54, 1.807) is 11.8 Å². The van der Waals surface area contributed by atoms with Gasteiger partial charge in [-0.3, -0.25) is 4.79 Å². The summed E-state index contributed by atoms with van der Waals surface area (Å²) < 4.78 is 5.56. The number of aromatic nitrogens is 2. The van der Waals surface area contributed by atoms with Gasteiger partial charge in [0.05, 0.1) is 0 Å². The summed E-state index contributed by atoms with van der Waals surface area (Å²) in [6.07, 6.45) is 0. The Labute approximate surface area is 192 Å². The molecule has 4 rings (SSSR count). The highest BCUT2D eigenvalue weighted by molar-refractivity contribution is 6.31. The second kappa shape index (κ2) is 9.37. The Morgan fingerprint density at radius 3 is 2.34 bits per heavy atom. The number of carbonyl (C=O) groups excluding carboxylic acids is 1. The topological polar surface area (TPSA) is 59.2 Å². The summed E-state index contributed by atoms with van der Waals surface area (Å²) in [7, 11) is 0. The molecular weight excluding hydrogens is 422 g/mol. The van der Waals surface area contributed by atoms with Gasteiger partial charge in [-0.2, -0.15) is 0 Å². The van der Waals surface area contributed by atoms with Crippen LogP contribution in [0.3, 0.4) is 0 Å². The lowest BCUT2D eigenvalue weighted by Gasteiger charge is -2.22. The second-order valence-electron chi connectivity index (χ2n) is 7.64. The van der Waals surface area contributed by atoms with Gasteiger partial charge in [0.25, 0.3) is 5.91 Å². The Morgan fingerprint density at radius 2 is 1.69 bits per heavy atom. The summed E-state index contributed by atoms with van der Waals surface area (Å²) in [5.74, 6) is 1.00. The molecule has 0 radical (unpaired) electrons. The van der Waals surface area contributed by atoms with Crippen molar-refractivity contribution in [1.82, 2.24) is 15.1 Å². The molecule has 5 nitrogen and oxygen atoms in total. The Kier molecular flexibility index (Phi) is 6.37. The Balaban J connectivity index is 1.57. The van der Waals surface area contributed by atoms with Gasteiger partial charge in [0.15, 0.2) is 0 Å². The highest BCUT2D eigenvalue weighted by atomic mass is 35.5. The lowest BCUT2D eigenvalue weighted by molar-refractivity contribution is 0.0752. The van der Waals surface area contributed by atoms with E-state index in [0.717, 1.165) is 27.8 Å². The average Bonchev–Trinajstić information content (AvgIpc) is 3.25. The molecule has 162 valence electrons. The van der Waals surface area contributed by atoms with Crippen LogP contribution in [0.1, 0.15) is 34.3 Å². The summed E-state index contributed by atoms with van der Waals surface area (Å²) in [6.45, 7) is 6.86. The fourth-order valence-corrected chi connectivity index (χ4v) is 3.81. The highest BCUT2D eigenvalue weighted by Gasteiger charge is 2.16. The molecule has 0 aliphatic rings. The molecule has 1 heterocycles. The summed E-state index contributed by atoms with van der Waals surface area (Å²) in [5.41, 5.74) is 5.64. The van der Waals surface area contributed by atoms with Crippen molar-refractivity contribution in [1.29, 1.82) is 0 Å². The molecule has 0 N–H and O–H groups in total. The molecule has 0 unspecified atom stereocenters. The van der Waals surface area contributed by atoms with Crippen LogP contribution in [0, 0.1) is 13.8 Å². The minimum absolute atomic E-state index is 0.0224. The number of hydrogen-bond acceptors (Lipinski definition) is 4. The fraction of sp³-hybridized carbons (Fsp3) is 0.192. The number of nitrogens with zero attached hydrogens (tertiary/aromatic N) is 3. The van der Waals surface area contributed by atoms with E-state index in [2.05, 4.69) is 17.1 Å². The van der Waals surface area contributed by atoms with E-state index >= 15 is 0 Å². The third kappa shape index (κ3) is 4.58. The van der Waals surface area contributed by atoms with Crippen LogP contribution < -0.4 is 0 Å². The molecule has 0 bridgehead atoms. The van der Waals surface area contributed by atoms with Crippen LogP contribution in [0.15, 0.2) is 71.1 Å². The lowest BCUT2D eigenvalue weighted by Crippen LogP contribution is -2.30. The van der Waals surface area contributed by atoms with Crippen LogP contribution in [0.4, 0.5) is 0 Å². The van der Waals surface area contributed by atoms with Crippen LogP contribution in [0.5, 0.6) is 0 Å². The third-order valence-electron chi connectivity index (χ3n) is 5.44. The van der Waals surface area contributed by atoms with Crippen molar-refractivity contribution in [3.05, 3.63) is 94.3 Å². The Hall–Kier alpha value is -3.44. The van der Waals surface area contributed by atoms with Gasteiger partial charge in [-0.05, 0) is 66.4 Å². The van der Waals surface area contributed by atoms with Gasteiger partial charge in [0.2, 0.25) is 11.8 Å². The van der Waals surface area contributed by atoms with Gasteiger partial charge in [-0.15, -0.1) is 10.2 Å². The molecule has 0 saturated carbocycles. The van der Waals surface area contributed by atoms with Crippen molar-refractivity contribution in [3.63, 3.8) is 0 Å². The lowest BCUT2D eigenvalue weighted by atomic mass is 9.97. The Morgan fingerprint density at radius 1 is 0.969 bits per heavy atom. The predicted molar refractivity (Wildman–Crippen MR) is 127 cm³/mol. The van der Waals surface area contributed by atoms with E-state index in [4.69, 9.17) is 16.0 Å². The zero-order valence-electron chi connectivity index (χ0n) is 18.3. The van der Waals surface area contributed by atoms with Gasteiger partial charge < -0.3 is 9.32 Å². The number of halogens is 1. The number of amides is 1. The molecule has 0 fully saturated rings. The van der Waals surface area contributed by atoms with Crippen molar-refractivity contribution in [3.8, 4) is 22.6 Å². The fourth-order valence-electron chi connectivity index (χ4n) is 3.61. The SMILES string of the molecule is CCN(Cc1ccccc1Cl)C(=O)c1ccc(-c2cc(-c3nnc(C)o3)ccc2C)cc1. The van der Waals surface area contributed by atoms with Crippen molar-refractivity contribution >= 4 is 17.5 Å². The molecule has 0 aliphatic heterocycles. The van der Waals surface area contributed by atoms with Gasteiger partial charge in [0.1, 0.15) is 0 Å². The predicted octanol–water partition coefficient (Wildman–Crippen LogP) is 6.34. The molecular formula is C26H24ClN3O2. The maximum atomic E-state index is 13.1. The van der Waals surface area contributed by atoms with E-state index in [9.17, 15) is 4.79 Å². The van der Waals surface area contributed by atoms with Crippen molar-refractivity contribution < 1.29 is 9.21 Å². The smallest absolute Gasteiger partial charge is 0.254 e. The van der Waals surface area contributed by atoms with Crippen molar-refractivity contribution in [2.45, 2.75) is 27.3 Å². The maximum Gasteiger partial charge on any atom is 0.254 e. The quantitative estimate of drug-likeness (QED) is 0.347. The minimum atomic E-state index is -0.0224. The van der Waals surface area contributed by atoms with Crippen LogP contribution in [0.2, 0.25) is 5.02 Å². The Bertz CT molecular complexity index is 1250. The van der Waals surface area contributed by atoms with Crippen LogP contribution in [-0.2, 0) is 6.54 Å². The molecule has 6 heteroatoms. The van der Waals surface area contributed by atoms with Crippen LogP contribution in [-0.4, -0.2) is 27.5 Å². The summed E-state index contributed by atoms with van der Waals surface area (Å²) >= 11 is 6.28. The minimum Gasteiger partial charge on any atom is -0.421 e. The average molecular weight is 446 g/mol. The van der Waals surface area contributed by atoms with Crippen LogP contribution >= 0.6 is 11.6 Å². The maximum absolute atomic E-state index is 13.1. The first kappa shape index (κ1) is 21.8. The van der Waals surface area contributed by atoms with E-state index < -0.39 is 0 Å². The summed E-state index contributed by atoms with van der Waals surface area (Å²) in [6, 6.07) is 21.3. The number of benzene rings is 3. The first-order chi connectivity index (χ1) is 15.5. The third-order valence-corrected chi connectivity index (χ3v) is 5.81. The van der Waals surface area contributed by atoms with Crippen molar-refractivity contribution in [2.75, 3.05) is 6.54 Å². The number of aryl methyl sites for hydroxylation is 2. The highest BCUT2D eigenvalue weighted by Crippen LogP contribution is 2.29. The monoisotopic (exact) mass is 445 g/mol. The molecule has 3 aromatic carbocycles. The van der Waals surface area contributed by atoms with E-state index in [0.29, 0.717) is 35.5 Å². The van der Waals surface area contributed by atoms with E-state index in [-0.39, 0.29) is 5.91 Å². The van der Waals surface area contributed by atoms with Gasteiger partial charge in [-0.1, -0.05) is 48.0 Å². The van der Waals surface area contributed by atoms with Gasteiger partial charge in [-0.25, -0.2) is 0 Å². The largest absolute Gasteiger partial charge is 0.421 e.